The van der Waals surface area contributed by atoms with Crippen molar-refractivity contribution in [3.8, 4) is 0 Å². The predicted octanol–water partition coefficient (Wildman–Crippen LogP) is 2.96. The Bertz CT molecular complexity index is 735. The quantitative estimate of drug-likeness (QED) is 0.228. The first-order chi connectivity index (χ1) is 13.0. The number of carbonyl (C=O) groups is 1. The normalized spacial score (nSPS) is 11.3. The number of benzene rings is 1. The molecule has 3 N–H and O–H groups in total. The number of amides is 1. The van der Waals surface area contributed by atoms with Crippen LogP contribution in [0, 0.1) is 0 Å². The van der Waals surface area contributed by atoms with Gasteiger partial charge in [0.1, 0.15) is 0 Å². The Morgan fingerprint density at radius 1 is 1.04 bits per heavy atom. The van der Waals surface area contributed by atoms with Gasteiger partial charge < -0.3 is 16.0 Å². The molecule has 2 rings (SSSR count). The van der Waals surface area contributed by atoms with Gasteiger partial charge in [-0.15, -0.1) is 24.0 Å². The molecule has 0 saturated carbocycles. The van der Waals surface area contributed by atoms with E-state index in [1.807, 2.05) is 13.0 Å². The fourth-order valence-electron chi connectivity index (χ4n) is 2.56. The van der Waals surface area contributed by atoms with Gasteiger partial charge in [0.15, 0.2) is 5.96 Å². The lowest BCUT2D eigenvalue weighted by Gasteiger charge is -2.24. The van der Waals surface area contributed by atoms with Crippen LogP contribution in [-0.4, -0.2) is 43.0 Å². The summed E-state index contributed by atoms with van der Waals surface area (Å²) in [7, 11) is 0. The second-order valence-electron chi connectivity index (χ2n) is 6.87. The third kappa shape index (κ3) is 7.84. The van der Waals surface area contributed by atoms with Gasteiger partial charge in [0, 0.05) is 37.4 Å². The minimum Gasteiger partial charge on any atom is -0.357 e. The number of nitrogens with one attached hydrogen (secondary N) is 3. The molecule has 0 aliphatic heterocycles. The smallest absolute Gasteiger partial charge is 0.252 e. The van der Waals surface area contributed by atoms with Crippen molar-refractivity contribution in [3.63, 3.8) is 0 Å². The van der Waals surface area contributed by atoms with Gasteiger partial charge >= 0.3 is 0 Å². The fourth-order valence-corrected chi connectivity index (χ4v) is 2.56. The number of aliphatic imine (C=N–C) groups is 1. The second-order valence-corrected chi connectivity index (χ2v) is 6.87. The minimum absolute atomic E-state index is 0. The third-order valence-electron chi connectivity index (χ3n) is 4.16. The van der Waals surface area contributed by atoms with Crippen molar-refractivity contribution in [2.75, 3.05) is 26.2 Å². The highest BCUT2D eigenvalue weighted by atomic mass is 127. The first-order valence-corrected chi connectivity index (χ1v) is 9.29. The topological polar surface area (TPSA) is 78.4 Å². The van der Waals surface area contributed by atoms with Crippen LogP contribution in [0.5, 0.6) is 0 Å². The lowest BCUT2D eigenvalue weighted by molar-refractivity contribution is 0.0954. The molecule has 0 spiro atoms. The van der Waals surface area contributed by atoms with E-state index in [4.69, 9.17) is 4.99 Å². The molecule has 1 heterocycles. The molecule has 1 aromatic carbocycles. The predicted molar refractivity (Wildman–Crippen MR) is 125 cm³/mol. The van der Waals surface area contributed by atoms with E-state index in [1.54, 1.807) is 24.5 Å². The maximum absolute atomic E-state index is 12.0. The van der Waals surface area contributed by atoms with Crippen LogP contribution >= 0.6 is 24.0 Å². The third-order valence-corrected chi connectivity index (χ3v) is 4.16. The number of hydrogen-bond acceptors (Lipinski definition) is 3. The van der Waals surface area contributed by atoms with Crippen molar-refractivity contribution in [2.45, 2.75) is 26.2 Å². The average molecular weight is 495 g/mol. The number of aromatic nitrogens is 1. The molecule has 0 aliphatic carbocycles. The van der Waals surface area contributed by atoms with E-state index >= 15 is 0 Å². The summed E-state index contributed by atoms with van der Waals surface area (Å²) in [5, 5.41) is 9.37. The molecular formula is C21H30IN5O. The molecule has 6 nitrogen and oxygen atoms in total. The molecule has 7 heteroatoms. The van der Waals surface area contributed by atoms with Gasteiger partial charge in [0.25, 0.3) is 5.91 Å². The van der Waals surface area contributed by atoms with Crippen LogP contribution in [0.1, 0.15) is 36.7 Å². The molecule has 152 valence electrons. The summed E-state index contributed by atoms with van der Waals surface area (Å²) < 4.78 is 0. The summed E-state index contributed by atoms with van der Waals surface area (Å²) in [6, 6.07) is 13.9. The maximum Gasteiger partial charge on any atom is 0.252 e. The zero-order valence-electron chi connectivity index (χ0n) is 16.7. The van der Waals surface area contributed by atoms with Crippen LogP contribution in [0.25, 0.3) is 0 Å². The summed E-state index contributed by atoms with van der Waals surface area (Å²) in [6.07, 6.45) is 3.20. The molecule has 28 heavy (non-hydrogen) atoms. The van der Waals surface area contributed by atoms with Crippen molar-refractivity contribution in [2.24, 2.45) is 4.99 Å². The molecular weight excluding hydrogens is 465 g/mol. The van der Waals surface area contributed by atoms with Crippen LogP contribution in [-0.2, 0) is 5.41 Å². The highest BCUT2D eigenvalue weighted by Crippen LogP contribution is 2.22. The van der Waals surface area contributed by atoms with Crippen LogP contribution in [0.3, 0.4) is 0 Å². The van der Waals surface area contributed by atoms with Crippen molar-refractivity contribution in [1.29, 1.82) is 0 Å². The number of halogens is 1. The van der Waals surface area contributed by atoms with Crippen LogP contribution in [0.4, 0.5) is 0 Å². The Hall–Kier alpha value is -2.16. The molecule has 0 aliphatic rings. The Labute approximate surface area is 184 Å². The van der Waals surface area contributed by atoms with Gasteiger partial charge in [-0.2, -0.15) is 0 Å². The van der Waals surface area contributed by atoms with Gasteiger partial charge in [-0.05, 0) is 24.6 Å². The lowest BCUT2D eigenvalue weighted by atomic mass is 9.85. The SMILES string of the molecule is CCNC(=NCC(C)(C)c1ccccc1)NCCNC(=O)c1cccnc1.I. The first-order valence-electron chi connectivity index (χ1n) is 9.29. The van der Waals surface area contributed by atoms with Gasteiger partial charge in [-0.1, -0.05) is 44.2 Å². The summed E-state index contributed by atoms with van der Waals surface area (Å²) in [5.41, 5.74) is 1.76. The fraction of sp³-hybridized carbons (Fsp3) is 0.381. The monoisotopic (exact) mass is 495 g/mol. The Morgan fingerprint density at radius 3 is 2.39 bits per heavy atom. The number of hydrogen-bond donors (Lipinski definition) is 3. The van der Waals surface area contributed by atoms with Crippen LogP contribution in [0.15, 0.2) is 59.9 Å². The standard InChI is InChI=1S/C21H29N5O.HI/c1-4-23-20(26-16-21(2,3)18-10-6-5-7-11-18)25-14-13-24-19(27)17-9-8-12-22-15-17;/h5-12,15H,4,13-14,16H2,1-3H3,(H,24,27)(H2,23,25,26);1H. The van der Waals surface area contributed by atoms with Crippen LogP contribution in [0.2, 0.25) is 0 Å². The zero-order valence-corrected chi connectivity index (χ0v) is 19.1. The molecule has 1 aromatic heterocycles. The Morgan fingerprint density at radius 2 is 1.75 bits per heavy atom. The van der Waals surface area contributed by atoms with E-state index in [0.29, 0.717) is 25.2 Å². The van der Waals surface area contributed by atoms with E-state index < -0.39 is 0 Å². The molecule has 0 unspecified atom stereocenters. The van der Waals surface area contributed by atoms with E-state index in [1.165, 1.54) is 5.56 Å². The second kappa shape index (κ2) is 12.3. The number of nitrogens with zero attached hydrogens (tertiary/aromatic N) is 2. The largest absolute Gasteiger partial charge is 0.357 e. The molecule has 2 aromatic rings. The average Bonchev–Trinajstić information content (AvgIpc) is 2.70. The van der Waals surface area contributed by atoms with Gasteiger partial charge in [0.05, 0.1) is 12.1 Å². The molecule has 0 saturated heterocycles. The molecule has 0 bridgehead atoms. The Balaban J connectivity index is 0.00000392. The van der Waals surface area contributed by atoms with E-state index in [2.05, 4.69) is 59.0 Å². The minimum atomic E-state index is -0.128. The highest BCUT2D eigenvalue weighted by Gasteiger charge is 2.20. The summed E-state index contributed by atoms with van der Waals surface area (Å²) >= 11 is 0. The first kappa shape index (κ1) is 23.9. The Kier molecular flexibility index (Phi) is 10.5. The summed E-state index contributed by atoms with van der Waals surface area (Å²) in [5.74, 6) is 0.620. The lowest BCUT2D eigenvalue weighted by Crippen LogP contribution is -2.42. The maximum atomic E-state index is 12.0. The zero-order chi connectivity index (χ0) is 19.5. The number of pyridine rings is 1. The van der Waals surface area contributed by atoms with Gasteiger partial charge in [-0.3, -0.25) is 14.8 Å². The summed E-state index contributed by atoms with van der Waals surface area (Å²) in [4.78, 5) is 20.7. The van der Waals surface area contributed by atoms with E-state index in [0.717, 1.165) is 12.5 Å². The van der Waals surface area contributed by atoms with E-state index in [-0.39, 0.29) is 35.3 Å². The number of carbonyl (C=O) groups excluding carboxylic acids is 1. The number of guanidine groups is 1. The van der Waals surface area contributed by atoms with Crippen molar-refractivity contribution >= 4 is 35.8 Å². The molecule has 0 atom stereocenters. The molecule has 0 radical (unpaired) electrons. The van der Waals surface area contributed by atoms with Crippen LogP contribution < -0.4 is 16.0 Å². The van der Waals surface area contributed by atoms with Gasteiger partial charge in [-0.25, -0.2) is 0 Å². The number of rotatable bonds is 8. The van der Waals surface area contributed by atoms with E-state index in [9.17, 15) is 4.79 Å². The van der Waals surface area contributed by atoms with Crippen molar-refractivity contribution in [3.05, 3.63) is 66.0 Å². The summed E-state index contributed by atoms with van der Waals surface area (Å²) in [6.45, 7) is 8.93. The molecule has 0 fully saturated rings. The molecule has 1 amide bonds. The highest BCUT2D eigenvalue weighted by molar-refractivity contribution is 14.0. The van der Waals surface area contributed by atoms with Crippen molar-refractivity contribution in [1.82, 2.24) is 20.9 Å². The van der Waals surface area contributed by atoms with Crippen molar-refractivity contribution < 1.29 is 4.79 Å². The van der Waals surface area contributed by atoms with Gasteiger partial charge in [0.2, 0.25) is 0 Å².